The van der Waals surface area contributed by atoms with E-state index in [0.717, 1.165) is 38.3 Å². The van der Waals surface area contributed by atoms with Crippen LogP contribution >= 0.6 is 0 Å². The van der Waals surface area contributed by atoms with Crippen LogP contribution in [-0.4, -0.2) is 73.1 Å². The van der Waals surface area contributed by atoms with Crippen LogP contribution in [0.15, 0.2) is 30.6 Å². The summed E-state index contributed by atoms with van der Waals surface area (Å²) in [6.07, 6.45) is 4.02. The number of halogens is 5. The molecule has 274 valence electrons. The fraction of sp³-hybridized carbons (Fsp3) is 0.622. The van der Waals surface area contributed by atoms with E-state index in [0.29, 0.717) is 59.7 Å². The molecule has 0 atom stereocenters. The predicted octanol–water partition coefficient (Wildman–Crippen LogP) is 7.35. The quantitative estimate of drug-likeness (QED) is 0.235. The number of nitrogens with zero attached hydrogens (tertiary/aromatic N) is 4. The number of carbonyl (C=O) groups is 2. The van der Waals surface area contributed by atoms with Gasteiger partial charge in [0, 0.05) is 41.5 Å². The third kappa shape index (κ3) is 5.94. The molecule has 0 unspecified atom stereocenters. The number of rotatable bonds is 8. The molecule has 2 N–H and O–H groups in total. The van der Waals surface area contributed by atoms with Gasteiger partial charge in [-0.15, -0.1) is 0 Å². The van der Waals surface area contributed by atoms with E-state index >= 15 is 0 Å². The topological polar surface area (TPSA) is 110 Å². The molecule has 1 aliphatic heterocycles. The number of nitrogens with one attached hydrogen (secondary N) is 1. The van der Waals surface area contributed by atoms with E-state index in [9.17, 15) is 36.6 Å². The lowest BCUT2D eigenvalue weighted by molar-refractivity contribution is -0.163. The number of likely N-dealkylation sites (tertiary alicyclic amines) is 1. The molecule has 51 heavy (non-hydrogen) atoms. The Balaban J connectivity index is 1.06. The van der Waals surface area contributed by atoms with Crippen LogP contribution < -0.4 is 10.1 Å². The summed E-state index contributed by atoms with van der Waals surface area (Å²) in [6.45, 7) is 3.50. The summed E-state index contributed by atoms with van der Waals surface area (Å²) in [5.41, 5.74) is -2.79. The van der Waals surface area contributed by atoms with Crippen LogP contribution in [0.4, 0.5) is 22.0 Å². The van der Waals surface area contributed by atoms with Crippen molar-refractivity contribution >= 4 is 22.8 Å². The molecule has 1 aromatic carbocycles. The van der Waals surface area contributed by atoms with Crippen molar-refractivity contribution in [2.75, 3.05) is 13.1 Å². The minimum atomic E-state index is -5.02. The van der Waals surface area contributed by atoms with Crippen LogP contribution in [0.3, 0.4) is 0 Å². The molecule has 14 heteroatoms. The monoisotopic (exact) mass is 715 g/mol. The maximum atomic E-state index is 14.6. The third-order valence-electron chi connectivity index (χ3n) is 12.3. The molecule has 3 aromatic rings. The van der Waals surface area contributed by atoms with E-state index in [-0.39, 0.29) is 48.9 Å². The SMILES string of the molecule is CC(C)n1cc(-c2ncc(C(=O)NC3(C(=O)O)C4CC5CC(C4)CC3C5)c(C(F)(F)F)n2)c2ccc(OC3CCC(N4CC(F)(F)C4)CC3)cc21. The number of hydrogen-bond donors (Lipinski definition) is 2. The summed E-state index contributed by atoms with van der Waals surface area (Å²) in [7, 11) is 0. The fourth-order valence-electron chi connectivity index (χ4n) is 10.1. The first-order valence-electron chi connectivity index (χ1n) is 18.0. The van der Waals surface area contributed by atoms with Gasteiger partial charge in [0.25, 0.3) is 11.8 Å². The first-order valence-corrected chi connectivity index (χ1v) is 18.0. The molecule has 9 rings (SSSR count). The third-order valence-corrected chi connectivity index (χ3v) is 12.3. The zero-order chi connectivity index (χ0) is 36.0. The molecule has 5 aliphatic carbocycles. The Bertz CT molecular complexity index is 1830. The van der Waals surface area contributed by atoms with Crippen molar-refractivity contribution in [1.29, 1.82) is 0 Å². The zero-order valence-electron chi connectivity index (χ0n) is 28.6. The highest BCUT2D eigenvalue weighted by atomic mass is 19.4. The van der Waals surface area contributed by atoms with Crippen molar-refractivity contribution in [2.45, 2.75) is 107 Å². The number of fused-ring (bicyclic) bond motifs is 1. The number of aliphatic carboxylic acids is 1. The summed E-state index contributed by atoms with van der Waals surface area (Å²) in [6, 6.07) is 5.39. The molecule has 0 radical (unpaired) electrons. The highest BCUT2D eigenvalue weighted by molar-refractivity contribution is 6.00. The largest absolute Gasteiger partial charge is 0.490 e. The number of ether oxygens (including phenoxy) is 1. The number of hydrogen-bond acceptors (Lipinski definition) is 6. The Labute approximate surface area is 291 Å². The smallest absolute Gasteiger partial charge is 0.434 e. The molecular weight excluding hydrogens is 673 g/mol. The molecule has 2 aromatic heterocycles. The minimum Gasteiger partial charge on any atom is -0.490 e. The highest BCUT2D eigenvalue weighted by Crippen LogP contribution is 2.58. The number of aromatic nitrogens is 3. The number of carboxylic acid groups (broad SMARTS) is 1. The molecule has 3 heterocycles. The second-order valence-corrected chi connectivity index (χ2v) is 15.9. The lowest BCUT2D eigenvalue weighted by Gasteiger charge is -2.59. The van der Waals surface area contributed by atoms with Crippen molar-refractivity contribution in [3.63, 3.8) is 0 Å². The zero-order valence-corrected chi connectivity index (χ0v) is 28.6. The molecule has 9 nitrogen and oxygen atoms in total. The second kappa shape index (κ2) is 12.1. The van der Waals surface area contributed by atoms with E-state index in [4.69, 9.17) is 4.74 Å². The number of alkyl halides is 5. The van der Waals surface area contributed by atoms with Gasteiger partial charge in [-0.2, -0.15) is 13.2 Å². The van der Waals surface area contributed by atoms with Crippen LogP contribution in [0.25, 0.3) is 22.3 Å². The van der Waals surface area contributed by atoms with Gasteiger partial charge < -0.3 is 19.7 Å². The Morgan fingerprint density at radius 1 is 1.00 bits per heavy atom. The van der Waals surface area contributed by atoms with Crippen molar-refractivity contribution < 1.29 is 41.4 Å². The Morgan fingerprint density at radius 3 is 2.22 bits per heavy atom. The molecule has 5 saturated carbocycles. The normalized spacial score (nSPS) is 31.5. The van der Waals surface area contributed by atoms with Crippen LogP contribution in [0.1, 0.15) is 93.7 Å². The van der Waals surface area contributed by atoms with E-state index in [1.165, 1.54) is 0 Å². The molecular formula is C37H42F5N5O4. The van der Waals surface area contributed by atoms with E-state index < -0.39 is 40.8 Å². The van der Waals surface area contributed by atoms with Gasteiger partial charge >= 0.3 is 12.1 Å². The number of benzene rings is 1. The molecule has 4 bridgehead atoms. The molecule has 6 fully saturated rings. The van der Waals surface area contributed by atoms with Crippen LogP contribution in [0.2, 0.25) is 0 Å². The first kappa shape index (κ1) is 34.3. The standard InChI is InChI=1S/C37H42F5N5O4/c1-19(2)47-16-29(27-8-7-26(14-30(27)47)51-25-5-3-24(4-6-25)46-17-35(38,39)18-46)32-43-15-28(31(44-32)37(40,41)42)33(48)45-36(34(49)50)22-10-20-9-21(12-22)13-23(36)11-20/h7-8,14-16,19-25H,3-6,9-13,17-18H2,1-2H3,(H,45,48)(H,49,50). The molecule has 1 saturated heterocycles. The van der Waals surface area contributed by atoms with Gasteiger partial charge in [-0.05, 0) is 107 Å². The lowest BCUT2D eigenvalue weighted by Crippen LogP contribution is -2.70. The average Bonchev–Trinajstić information content (AvgIpc) is 3.44. The minimum absolute atomic E-state index is 0.0816. The predicted molar refractivity (Wildman–Crippen MR) is 176 cm³/mol. The van der Waals surface area contributed by atoms with Gasteiger partial charge in [-0.1, -0.05) is 0 Å². The van der Waals surface area contributed by atoms with Crippen molar-refractivity contribution in [3.8, 4) is 17.1 Å². The summed E-state index contributed by atoms with van der Waals surface area (Å²) >= 11 is 0. The first-order chi connectivity index (χ1) is 24.1. The maximum Gasteiger partial charge on any atom is 0.434 e. The highest BCUT2D eigenvalue weighted by Gasteiger charge is 2.62. The number of carboxylic acids is 1. The molecule has 1 amide bonds. The number of amides is 1. The van der Waals surface area contributed by atoms with Crippen molar-refractivity contribution in [2.24, 2.45) is 23.7 Å². The summed E-state index contributed by atoms with van der Waals surface area (Å²) < 4.78 is 78.8. The molecule has 6 aliphatic rings. The summed E-state index contributed by atoms with van der Waals surface area (Å²) in [5, 5.41) is 13.6. The van der Waals surface area contributed by atoms with E-state index in [1.807, 2.05) is 29.4 Å². The van der Waals surface area contributed by atoms with Crippen LogP contribution in [-0.2, 0) is 11.0 Å². The average molecular weight is 716 g/mol. The van der Waals surface area contributed by atoms with Crippen molar-refractivity contribution in [1.82, 2.24) is 24.8 Å². The van der Waals surface area contributed by atoms with Crippen LogP contribution in [0, 0.1) is 23.7 Å². The lowest BCUT2D eigenvalue weighted by atomic mass is 9.48. The summed E-state index contributed by atoms with van der Waals surface area (Å²) in [5.74, 6) is -4.45. The molecule has 0 spiro atoms. The Hall–Kier alpha value is -3.81. The Kier molecular flexibility index (Phi) is 8.15. The number of carbonyl (C=O) groups excluding carboxylic acids is 1. The van der Waals surface area contributed by atoms with E-state index in [2.05, 4.69) is 15.3 Å². The maximum absolute atomic E-state index is 14.6. The van der Waals surface area contributed by atoms with Crippen LogP contribution in [0.5, 0.6) is 5.75 Å². The van der Waals surface area contributed by atoms with Crippen molar-refractivity contribution in [3.05, 3.63) is 41.9 Å². The fourth-order valence-corrected chi connectivity index (χ4v) is 10.1. The Morgan fingerprint density at radius 2 is 1.65 bits per heavy atom. The van der Waals surface area contributed by atoms with Gasteiger partial charge in [-0.25, -0.2) is 23.5 Å². The van der Waals surface area contributed by atoms with Gasteiger partial charge in [0.05, 0.1) is 30.3 Å². The van der Waals surface area contributed by atoms with Gasteiger partial charge in [0.1, 0.15) is 11.3 Å². The second-order valence-electron chi connectivity index (χ2n) is 15.9. The van der Waals surface area contributed by atoms with Gasteiger partial charge in [-0.3, -0.25) is 9.69 Å². The van der Waals surface area contributed by atoms with E-state index in [1.54, 1.807) is 18.3 Å². The van der Waals surface area contributed by atoms with Gasteiger partial charge in [0.2, 0.25) is 0 Å². The summed E-state index contributed by atoms with van der Waals surface area (Å²) in [4.78, 5) is 36.5. The van der Waals surface area contributed by atoms with Gasteiger partial charge in [0.15, 0.2) is 11.5 Å².